The molecule has 1 N–H and O–H groups in total. The highest BCUT2D eigenvalue weighted by molar-refractivity contribution is 5.95. The smallest absolute Gasteiger partial charge is 0.229 e. The zero-order valence-corrected chi connectivity index (χ0v) is 18.5. The molecular formula is C27H24FN3O3. The monoisotopic (exact) mass is 457 g/mol. The van der Waals surface area contributed by atoms with Crippen LogP contribution in [0.1, 0.15) is 36.3 Å². The molecule has 2 aromatic carbocycles. The van der Waals surface area contributed by atoms with Crippen LogP contribution in [0.25, 0.3) is 11.1 Å². The molecule has 0 unspecified atom stereocenters. The zero-order valence-electron chi connectivity index (χ0n) is 18.5. The number of carbonyl (C=O) groups excluding carboxylic acids is 1. The van der Waals surface area contributed by atoms with E-state index >= 15 is 0 Å². The highest BCUT2D eigenvalue weighted by Gasteiger charge is 2.44. The van der Waals surface area contributed by atoms with Crippen LogP contribution in [0.4, 0.5) is 10.2 Å². The van der Waals surface area contributed by atoms with Crippen LogP contribution in [0.3, 0.4) is 0 Å². The third-order valence-corrected chi connectivity index (χ3v) is 6.31. The molecular weight excluding hydrogens is 433 g/mol. The van der Waals surface area contributed by atoms with E-state index in [1.807, 2.05) is 24.3 Å². The number of benzene rings is 2. The number of nitriles is 1. The lowest BCUT2D eigenvalue weighted by Crippen LogP contribution is -2.26. The van der Waals surface area contributed by atoms with Crippen molar-refractivity contribution in [2.75, 3.05) is 18.5 Å². The van der Waals surface area contributed by atoms with Gasteiger partial charge < -0.3 is 14.8 Å². The Labute approximate surface area is 197 Å². The number of rotatable bonds is 6. The van der Waals surface area contributed by atoms with Gasteiger partial charge in [0.25, 0.3) is 0 Å². The summed E-state index contributed by atoms with van der Waals surface area (Å²) >= 11 is 0. The fraction of sp³-hybridized carbons (Fsp3) is 0.296. The first-order valence-corrected chi connectivity index (χ1v) is 11.4. The Bertz CT molecular complexity index is 1250. The van der Waals surface area contributed by atoms with Crippen molar-refractivity contribution in [3.8, 4) is 22.9 Å². The second-order valence-electron chi connectivity index (χ2n) is 8.68. The molecule has 172 valence electrons. The molecule has 6 nitrogen and oxygen atoms in total. The van der Waals surface area contributed by atoms with Crippen LogP contribution in [0, 0.1) is 23.1 Å². The van der Waals surface area contributed by atoms with Gasteiger partial charge in [0.1, 0.15) is 29.6 Å². The maximum Gasteiger partial charge on any atom is 0.229 e. The average molecular weight is 458 g/mol. The molecule has 2 heterocycles. The topological polar surface area (TPSA) is 84.2 Å². The Morgan fingerprint density at radius 1 is 1.12 bits per heavy atom. The second kappa shape index (κ2) is 9.62. The van der Waals surface area contributed by atoms with E-state index in [-0.39, 0.29) is 29.7 Å². The SMILES string of the molecule is N#Cc1cc(-c2ccnc(NC(=O)[C@@H]3C[C@H]3c3cccc(F)c3)c2)ccc1OC1CCOCC1. The predicted molar refractivity (Wildman–Crippen MR) is 125 cm³/mol. The van der Waals surface area contributed by atoms with Gasteiger partial charge in [-0.2, -0.15) is 5.26 Å². The van der Waals surface area contributed by atoms with Crippen molar-refractivity contribution in [3.05, 3.63) is 77.7 Å². The molecule has 1 aromatic heterocycles. The van der Waals surface area contributed by atoms with Gasteiger partial charge in [-0.25, -0.2) is 9.37 Å². The van der Waals surface area contributed by atoms with Crippen molar-refractivity contribution in [3.63, 3.8) is 0 Å². The summed E-state index contributed by atoms with van der Waals surface area (Å²) in [7, 11) is 0. The summed E-state index contributed by atoms with van der Waals surface area (Å²) in [5.41, 5.74) is 2.96. The van der Waals surface area contributed by atoms with Crippen LogP contribution in [0.2, 0.25) is 0 Å². The summed E-state index contributed by atoms with van der Waals surface area (Å²) in [5.74, 6) is 0.418. The van der Waals surface area contributed by atoms with Crippen LogP contribution in [-0.4, -0.2) is 30.2 Å². The Morgan fingerprint density at radius 2 is 1.94 bits per heavy atom. The maximum atomic E-state index is 13.5. The summed E-state index contributed by atoms with van der Waals surface area (Å²) in [5, 5.41) is 12.5. The van der Waals surface area contributed by atoms with Gasteiger partial charge >= 0.3 is 0 Å². The molecule has 1 aliphatic heterocycles. The molecule has 0 spiro atoms. The van der Waals surface area contributed by atoms with Crippen molar-refractivity contribution in [2.24, 2.45) is 5.92 Å². The highest BCUT2D eigenvalue weighted by Crippen LogP contribution is 2.48. The number of nitrogens with one attached hydrogen (secondary N) is 1. The molecule has 0 bridgehead atoms. The number of anilines is 1. The summed E-state index contributed by atoms with van der Waals surface area (Å²) in [6.45, 7) is 1.33. The molecule has 1 saturated heterocycles. The van der Waals surface area contributed by atoms with Gasteiger partial charge in [0.2, 0.25) is 5.91 Å². The third-order valence-electron chi connectivity index (χ3n) is 6.31. The fourth-order valence-electron chi connectivity index (χ4n) is 4.36. The van der Waals surface area contributed by atoms with E-state index < -0.39 is 0 Å². The van der Waals surface area contributed by atoms with E-state index in [1.54, 1.807) is 24.4 Å². The first-order chi connectivity index (χ1) is 16.6. The quantitative estimate of drug-likeness (QED) is 0.559. The highest BCUT2D eigenvalue weighted by atomic mass is 19.1. The molecule has 3 aromatic rings. The predicted octanol–water partition coefficient (Wildman–Crippen LogP) is 5.06. The van der Waals surface area contributed by atoms with Gasteiger partial charge in [-0.05, 0) is 65.4 Å². The third kappa shape index (κ3) is 4.92. The molecule has 7 heteroatoms. The van der Waals surface area contributed by atoms with E-state index in [2.05, 4.69) is 16.4 Å². The minimum absolute atomic E-state index is 0.0281. The van der Waals surface area contributed by atoms with Crippen molar-refractivity contribution in [1.29, 1.82) is 5.26 Å². The minimum atomic E-state index is -0.293. The maximum absolute atomic E-state index is 13.5. The summed E-state index contributed by atoms with van der Waals surface area (Å²) in [4.78, 5) is 17.0. The van der Waals surface area contributed by atoms with Gasteiger partial charge in [0.15, 0.2) is 0 Å². The number of amides is 1. The largest absolute Gasteiger partial charge is 0.489 e. The van der Waals surface area contributed by atoms with Crippen LogP contribution >= 0.6 is 0 Å². The first-order valence-electron chi connectivity index (χ1n) is 11.4. The van der Waals surface area contributed by atoms with Crippen molar-refractivity contribution >= 4 is 11.7 Å². The number of aromatic nitrogens is 1. The van der Waals surface area contributed by atoms with Gasteiger partial charge in [0, 0.05) is 25.0 Å². The number of nitrogens with zero attached hydrogens (tertiary/aromatic N) is 2. The van der Waals surface area contributed by atoms with Crippen LogP contribution < -0.4 is 10.1 Å². The normalized spacial score (nSPS) is 19.8. The van der Waals surface area contributed by atoms with E-state index in [4.69, 9.17) is 9.47 Å². The Morgan fingerprint density at radius 3 is 2.74 bits per heavy atom. The lowest BCUT2D eigenvalue weighted by molar-refractivity contribution is -0.117. The Hall–Kier alpha value is -3.76. The van der Waals surface area contributed by atoms with Crippen LogP contribution in [0.15, 0.2) is 60.8 Å². The fourth-order valence-corrected chi connectivity index (χ4v) is 4.36. The lowest BCUT2D eigenvalue weighted by Gasteiger charge is -2.23. The summed E-state index contributed by atoms with van der Waals surface area (Å²) in [6, 6.07) is 17.7. The van der Waals surface area contributed by atoms with Crippen molar-refractivity contribution < 1.29 is 18.7 Å². The number of pyridine rings is 1. The van der Waals surface area contributed by atoms with Gasteiger partial charge in [-0.3, -0.25) is 4.79 Å². The van der Waals surface area contributed by atoms with Crippen LogP contribution in [-0.2, 0) is 9.53 Å². The standard InChI is InChI=1S/C27H24FN3O3/c28-21-3-1-2-19(13-21)23-15-24(23)27(32)31-26-14-18(6-9-30-26)17-4-5-25(20(12-17)16-29)34-22-7-10-33-11-8-22/h1-6,9,12-14,22-24H,7-8,10-11,15H2,(H,30,31,32)/t23-,24+/m0/s1. The van der Waals surface area contributed by atoms with E-state index in [0.29, 0.717) is 36.8 Å². The first kappa shape index (κ1) is 22.1. The van der Waals surface area contributed by atoms with E-state index in [0.717, 1.165) is 29.5 Å². The molecule has 1 amide bonds. The van der Waals surface area contributed by atoms with Crippen molar-refractivity contribution in [1.82, 2.24) is 4.98 Å². The molecule has 5 rings (SSSR count). The number of hydrogen-bond acceptors (Lipinski definition) is 5. The number of ether oxygens (including phenoxy) is 2. The Balaban J connectivity index is 1.27. The van der Waals surface area contributed by atoms with Gasteiger partial charge in [-0.15, -0.1) is 0 Å². The zero-order chi connectivity index (χ0) is 23.5. The van der Waals surface area contributed by atoms with Crippen molar-refractivity contribution in [2.45, 2.75) is 31.3 Å². The molecule has 0 radical (unpaired) electrons. The average Bonchev–Trinajstić information content (AvgIpc) is 3.67. The van der Waals surface area contributed by atoms with Crippen LogP contribution in [0.5, 0.6) is 5.75 Å². The Kier molecular flexibility index (Phi) is 6.24. The number of carbonyl (C=O) groups is 1. The number of halogens is 1. The van der Waals surface area contributed by atoms with E-state index in [9.17, 15) is 14.4 Å². The summed E-state index contributed by atoms with van der Waals surface area (Å²) in [6.07, 6.45) is 3.98. The minimum Gasteiger partial charge on any atom is -0.489 e. The summed E-state index contributed by atoms with van der Waals surface area (Å²) < 4.78 is 24.9. The van der Waals surface area contributed by atoms with Gasteiger partial charge in [0.05, 0.1) is 18.8 Å². The molecule has 2 atom stereocenters. The van der Waals surface area contributed by atoms with Gasteiger partial charge in [-0.1, -0.05) is 18.2 Å². The van der Waals surface area contributed by atoms with E-state index in [1.165, 1.54) is 12.1 Å². The molecule has 1 saturated carbocycles. The number of hydrogen-bond donors (Lipinski definition) is 1. The molecule has 2 fully saturated rings. The molecule has 2 aliphatic rings. The molecule has 34 heavy (non-hydrogen) atoms. The molecule has 1 aliphatic carbocycles. The second-order valence-corrected chi connectivity index (χ2v) is 8.68. The lowest BCUT2D eigenvalue weighted by atomic mass is 10.0.